The van der Waals surface area contributed by atoms with Crippen LogP contribution in [0.15, 0.2) is 48.5 Å². The maximum absolute atomic E-state index is 16.9. The minimum atomic E-state index is -3.68. The van der Waals surface area contributed by atoms with Crippen LogP contribution in [0.25, 0.3) is 32.8 Å². The van der Waals surface area contributed by atoms with Gasteiger partial charge in [-0.15, -0.1) is 0 Å². The molecular weight excluding hydrogens is 646 g/mol. The summed E-state index contributed by atoms with van der Waals surface area (Å²) in [6.07, 6.45) is 5.84. The van der Waals surface area contributed by atoms with Crippen molar-refractivity contribution in [2.24, 2.45) is 0 Å². The molecular formula is C36H44FN7O4S. The molecule has 5 heterocycles. The van der Waals surface area contributed by atoms with Crippen LogP contribution in [0, 0.1) is 5.82 Å². The normalized spacial score (nSPS) is 22.5. The highest BCUT2D eigenvalue weighted by atomic mass is 32.2. The van der Waals surface area contributed by atoms with Gasteiger partial charge in [0.15, 0.2) is 5.82 Å². The minimum absolute atomic E-state index is 0.0436. The Kier molecular flexibility index (Phi) is 8.38. The van der Waals surface area contributed by atoms with E-state index in [9.17, 15) is 13.5 Å². The van der Waals surface area contributed by atoms with Crippen LogP contribution in [-0.4, -0.2) is 115 Å². The van der Waals surface area contributed by atoms with Crippen LogP contribution in [0.3, 0.4) is 0 Å². The Balaban J connectivity index is 1.18. The zero-order valence-corrected chi connectivity index (χ0v) is 28.9. The van der Waals surface area contributed by atoms with Crippen molar-refractivity contribution >= 4 is 37.7 Å². The number of halogens is 1. The molecule has 4 saturated heterocycles. The molecule has 4 aliphatic rings. The molecule has 4 aromatic rings. The molecule has 2 atom stereocenters. The fourth-order valence-corrected chi connectivity index (χ4v) is 10.3. The first-order chi connectivity index (χ1) is 23.6. The third kappa shape index (κ3) is 5.89. The third-order valence-electron chi connectivity index (χ3n) is 11.0. The zero-order valence-electron chi connectivity index (χ0n) is 28.1. The lowest BCUT2D eigenvalue weighted by molar-refractivity contribution is 0.108. The maximum atomic E-state index is 16.9. The molecule has 0 unspecified atom stereocenters. The number of piperazine rings is 1. The molecule has 8 rings (SSSR count). The van der Waals surface area contributed by atoms with Crippen LogP contribution < -0.4 is 14.4 Å². The van der Waals surface area contributed by atoms with E-state index in [1.54, 1.807) is 22.5 Å². The first-order valence-corrected chi connectivity index (χ1v) is 18.8. The minimum Gasteiger partial charge on any atom is -0.508 e. The predicted octanol–water partition coefficient (Wildman–Crippen LogP) is 4.35. The molecule has 2 bridgehead atoms. The second-order valence-electron chi connectivity index (χ2n) is 14.4. The quantitative estimate of drug-likeness (QED) is 0.251. The number of hydrogen-bond acceptors (Lipinski definition) is 9. The van der Waals surface area contributed by atoms with Crippen LogP contribution in [0.1, 0.15) is 38.5 Å². The predicted molar refractivity (Wildman–Crippen MR) is 189 cm³/mol. The van der Waals surface area contributed by atoms with Crippen molar-refractivity contribution in [2.45, 2.75) is 56.1 Å². The van der Waals surface area contributed by atoms with Crippen LogP contribution in [0.5, 0.6) is 11.8 Å². The Morgan fingerprint density at radius 1 is 1.00 bits per heavy atom. The van der Waals surface area contributed by atoms with Crippen molar-refractivity contribution in [1.29, 1.82) is 0 Å². The molecule has 4 aliphatic heterocycles. The van der Waals surface area contributed by atoms with E-state index in [1.165, 1.54) is 0 Å². The number of benzene rings is 3. The number of phenols is 1. The number of ether oxygens (including phenoxy) is 1. The van der Waals surface area contributed by atoms with Gasteiger partial charge in [-0.25, -0.2) is 9.11 Å². The Hall–Kier alpha value is -3.62. The fourth-order valence-electron chi connectivity index (χ4n) is 8.72. The molecule has 0 radical (unpaired) electrons. The van der Waals surface area contributed by atoms with E-state index in [-0.39, 0.29) is 34.9 Å². The second-order valence-corrected chi connectivity index (χ2v) is 16.1. The number of rotatable bonds is 10. The summed E-state index contributed by atoms with van der Waals surface area (Å²) in [5.41, 5.74) is 0.997. The monoisotopic (exact) mass is 689 g/mol. The molecule has 0 saturated carbocycles. The van der Waals surface area contributed by atoms with Crippen molar-refractivity contribution in [2.75, 3.05) is 64.9 Å². The summed E-state index contributed by atoms with van der Waals surface area (Å²) in [4.78, 5) is 16.2. The number of aromatic nitrogens is 2. The Morgan fingerprint density at radius 3 is 2.47 bits per heavy atom. The van der Waals surface area contributed by atoms with Crippen LogP contribution in [-0.2, 0) is 10.2 Å². The summed E-state index contributed by atoms with van der Waals surface area (Å²) in [6, 6.07) is 14.1. The van der Waals surface area contributed by atoms with Crippen molar-refractivity contribution in [1.82, 2.24) is 28.8 Å². The average Bonchev–Trinajstić information content (AvgIpc) is 3.74. The van der Waals surface area contributed by atoms with E-state index < -0.39 is 16.0 Å². The van der Waals surface area contributed by atoms with Crippen molar-refractivity contribution < 1.29 is 22.7 Å². The highest BCUT2D eigenvalue weighted by Gasteiger charge is 2.47. The van der Waals surface area contributed by atoms with Gasteiger partial charge in [-0.1, -0.05) is 30.3 Å². The van der Waals surface area contributed by atoms with Gasteiger partial charge in [-0.05, 0) is 100 Å². The number of aromatic hydroxyl groups is 1. The molecule has 4 fully saturated rings. The number of hydrogen-bond donors (Lipinski definition) is 2. The number of phenolic OH excluding ortho intramolecular Hbond substituents is 1. The van der Waals surface area contributed by atoms with E-state index in [0.717, 1.165) is 62.4 Å². The van der Waals surface area contributed by atoms with Gasteiger partial charge in [0, 0.05) is 49.2 Å². The molecule has 1 aromatic heterocycles. The molecule has 260 valence electrons. The SMILES string of the molecule is CN(C)CCNS(=O)(=O)N1[C@@H]2CC[C@H]1CN(c1nc(OCC34CCCN3CCC4)nc3c(F)c(-c4cc(O)cc5ccccc45)ccc13)C2. The van der Waals surface area contributed by atoms with Crippen LogP contribution in [0.4, 0.5) is 10.2 Å². The van der Waals surface area contributed by atoms with E-state index in [0.29, 0.717) is 55.1 Å². The number of nitrogens with zero attached hydrogens (tertiary/aromatic N) is 6. The van der Waals surface area contributed by atoms with E-state index in [4.69, 9.17) is 14.7 Å². The number of likely N-dealkylation sites (N-methyl/N-ethyl adjacent to an activating group) is 1. The Bertz CT molecular complexity index is 1990. The molecule has 49 heavy (non-hydrogen) atoms. The molecule has 0 aliphatic carbocycles. The van der Waals surface area contributed by atoms with Gasteiger partial charge in [0.25, 0.3) is 10.2 Å². The van der Waals surface area contributed by atoms with Gasteiger partial charge in [0.05, 0.1) is 5.54 Å². The molecule has 0 spiro atoms. The topological polar surface area (TPSA) is 114 Å². The van der Waals surface area contributed by atoms with Gasteiger partial charge in [0.1, 0.15) is 23.7 Å². The third-order valence-corrected chi connectivity index (χ3v) is 12.7. The highest BCUT2D eigenvalue weighted by molar-refractivity contribution is 7.87. The molecule has 11 nitrogen and oxygen atoms in total. The molecule has 3 aromatic carbocycles. The van der Waals surface area contributed by atoms with Gasteiger partial charge >= 0.3 is 6.01 Å². The summed E-state index contributed by atoms with van der Waals surface area (Å²) >= 11 is 0. The molecule has 0 amide bonds. The summed E-state index contributed by atoms with van der Waals surface area (Å²) in [5.74, 6) is 0.0857. The number of nitrogens with one attached hydrogen (secondary N) is 1. The van der Waals surface area contributed by atoms with Gasteiger partial charge in [0.2, 0.25) is 0 Å². The lowest BCUT2D eigenvalue weighted by atomic mass is 9.95. The van der Waals surface area contributed by atoms with Gasteiger partial charge < -0.3 is 19.6 Å². The highest BCUT2D eigenvalue weighted by Crippen LogP contribution is 2.42. The van der Waals surface area contributed by atoms with Crippen molar-refractivity contribution in [3.05, 3.63) is 54.3 Å². The Morgan fingerprint density at radius 2 is 1.73 bits per heavy atom. The van der Waals surface area contributed by atoms with Crippen molar-refractivity contribution in [3.63, 3.8) is 0 Å². The van der Waals surface area contributed by atoms with Crippen LogP contribution in [0.2, 0.25) is 0 Å². The summed E-state index contributed by atoms with van der Waals surface area (Å²) in [5, 5.41) is 12.7. The standard InChI is InChI=1S/C36H44FN7O4S/c1-41(2)18-15-38-49(46,47)44-25-9-10-26(44)22-42(21-25)34-30-12-11-29(31-20-27(45)19-24-7-3-4-8-28(24)31)32(37)33(30)39-35(40-34)48-23-36-13-5-16-43(36)17-6-14-36/h3-4,7-8,11-12,19-20,25-26,38,45H,5-6,9-10,13-18,21-23H2,1-2H3/t25-,26+. The number of anilines is 1. The maximum Gasteiger partial charge on any atom is 0.319 e. The second kappa shape index (κ2) is 12.6. The summed E-state index contributed by atoms with van der Waals surface area (Å²) in [6.45, 7) is 4.35. The van der Waals surface area contributed by atoms with Crippen molar-refractivity contribution in [3.8, 4) is 22.9 Å². The van der Waals surface area contributed by atoms with E-state index in [1.807, 2.05) is 49.3 Å². The van der Waals surface area contributed by atoms with E-state index in [2.05, 4.69) is 14.5 Å². The van der Waals surface area contributed by atoms with Crippen LogP contribution >= 0.6 is 0 Å². The van der Waals surface area contributed by atoms with E-state index >= 15 is 4.39 Å². The largest absolute Gasteiger partial charge is 0.508 e. The summed E-state index contributed by atoms with van der Waals surface area (Å²) < 4.78 is 54.6. The Labute approximate surface area is 286 Å². The fraction of sp³-hybridized carbons (Fsp3) is 0.500. The average molecular weight is 690 g/mol. The lowest BCUT2D eigenvalue weighted by Crippen LogP contribution is -2.58. The lowest BCUT2D eigenvalue weighted by Gasteiger charge is -2.40. The number of fused-ring (bicyclic) bond motifs is 5. The first-order valence-electron chi connectivity index (χ1n) is 17.4. The summed E-state index contributed by atoms with van der Waals surface area (Å²) in [7, 11) is 0.149. The molecule has 13 heteroatoms. The van der Waals surface area contributed by atoms with Gasteiger partial charge in [-0.2, -0.15) is 22.7 Å². The first kappa shape index (κ1) is 32.6. The van der Waals surface area contributed by atoms with Gasteiger partial charge in [-0.3, -0.25) is 4.90 Å². The zero-order chi connectivity index (χ0) is 33.9. The molecule has 2 N–H and O–H groups in total. The smallest absolute Gasteiger partial charge is 0.319 e.